The van der Waals surface area contributed by atoms with E-state index < -0.39 is 0 Å². The van der Waals surface area contributed by atoms with Crippen molar-refractivity contribution in [2.24, 2.45) is 0 Å². The number of fused-ring (bicyclic) bond motifs is 5. The van der Waals surface area contributed by atoms with Gasteiger partial charge in [-0.15, -0.1) is 0 Å². The molecule has 0 aliphatic heterocycles. The summed E-state index contributed by atoms with van der Waals surface area (Å²) in [6.07, 6.45) is 0. The van der Waals surface area contributed by atoms with Crippen LogP contribution in [0.2, 0.25) is 0 Å². The summed E-state index contributed by atoms with van der Waals surface area (Å²) in [5.41, 5.74) is 10.1. The van der Waals surface area contributed by atoms with Gasteiger partial charge in [0.1, 0.15) is 11.3 Å². The first-order valence-corrected chi connectivity index (χ1v) is 17.7. The first-order chi connectivity index (χ1) is 25.7. The second-order valence-electron chi connectivity index (χ2n) is 13.4. The van der Waals surface area contributed by atoms with Crippen LogP contribution in [0.3, 0.4) is 0 Å². The molecule has 0 atom stereocenters. The van der Waals surface area contributed by atoms with Crippen LogP contribution < -0.4 is 4.90 Å². The Kier molecular flexibility index (Phi) is 7.18. The van der Waals surface area contributed by atoms with E-state index in [9.17, 15) is 0 Å². The number of hydrogen-bond acceptors (Lipinski definition) is 2. The molecule has 0 unspecified atom stereocenters. The van der Waals surface area contributed by atoms with Crippen LogP contribution in [0.4, 0.5) is 17.1 Å². The molecule has 9 aromatic carbocycles. The summed E-state index contributed by atoms with van der Waals surface area (Å²) in [4.78, 5) is 2.42. The van der Waals surface area contributed by atoms with Crippen LogP contribution in [-0.4, -0.2) is 0 Å². The predicted octanol–water partition coefficient (Wildman–Crippen LogP) is 14.4. The number of benzene rings is 9. The lowest BCUT2D eigenvalue weighted by atomic mass is 9.97. The Morgan fingerprint density at radius 2 is 0.923 bits per heavy atom. The fourth-order valence-corrected chi connectivity index (χ4v) is 7.63. The maximum atomic E-state index is 6.20. The monoisotopic (exact) mass is 663 g/mol. The topological polar surface area (TPSA) is 16.4 Å². The van der Waals surface area contributed by atoms with E-state index >= 15 is 0 Å². The predicted molar refractivity (Wildman–Crippen MR) is 220 cm³/mol. The molecular weight excluding hydrogens is 631 g/mol. The molecule has 0 saturated heterocycles. The molecular formula is C50H33NO. The largest absolute Gasteiger partial charge is 0.456 e. The Morgan fingerprint density at radius 3 is 1.79 bits per heavy atom. The average Bonchev–Trinajstić information content (AvgIpc) is 3.66. The van der Waals surface area contributed by atoms with Gasteiger partial charge in [-0.25, -0.2) is 0 Å². The molecule has 0 amide bonds. The Hall–Kier alpha value is -6.90. The Balaban J connectivity index is 1.10. The second kappa shape index (κ2) is 12.5. The fourth-order valence-electron chi connectivity index (χ4n) is 7.63. The van der Waals surface area contributed by atoms with E-state index in [0.717, 1.165) is 44.9 Å². The summed E-state index contributed by atoms with van der Waals surface area (Å²) in [7, 11) is 0. The molecule has 0 radical (unpaired) electrons. The van der Waals surface area contributed by atoms with E-state index in [4.69, 9.17) is 4.42 Å². The molecule has 52 heavy (non-hydrogen) atoms. The summed E-state index contributed by atoms with van der Waals surface area (Å²) < 4.78 is 6.20. The summed E-state index contributed by atoms with van der Waals surface area (Å²) >= 11 is 0. The van der Waals surface area contributed by atoms with Crippen LogP contribution in [0.1, 0.15) is 0 Å². The smallest absolute Gasteiger partial charge is 0.135 e. The van der Waals surface area contributed by atoms with E-state index in [1.165, 1.54) is 49.0 Å². The summed E-state index contributed by atoms with van der Waals surface area (Å²) in [6, 6.07) is 71.8. The molecule has 0 fully saturated rings. The SMILES string of the molecule is c1ccc(-c2cccc(N(c3ccc4cc(-c5cccc(-c6cc7ccccc7o6)c5)ccc4c3)c3cc4ccccc4c4ccccc34)c2)cc1. The first-order valence-electron chi connectivity index (χ1n) is 17.7. The van der Waals surface area contributed by atoms with Crippen LogP contribution in [0.15, 0.2) is 205 Å². The molecule has 0 N–H and O–H groups in total. The van der Waals surface area contributed by atoms with E-state index in [1.54, 1.807) is 0 Å². The van der Waals surface area contributed by atoms with Gasteiger partial charge in [0.25, 0.3) is 0 Å². The van der Waals surface area contributed by atoms with Gasteiger partial charge in [0.2, 0.25) is 0 Å². The Labute approximate surface area is 302 Å². The van der Waals surface area contributed by atoms with Gasteiger partial charge in [0.05, 0.1) is 5.69 Å². The maximum Gasteiger partial charge on any atom is 0.135 e. The van der Waals surface area contributed by atoms with Gasteiger partial charge in [-0.3, -0.25) is 0 Å². The van der Waals surface area contributed by atoms with Crippen LogP contribution in [0, 0.1) is 0 Å². The standard InChI is InChI=1S/C50H33NO/c1-2-12-34(13-3-1)36-17-11-19-43(30-36)51(48-32-40-14-4-6-20-45(40)46-21-7-8-22-47(46)48)44-27-26-38-28-37(24-25-39(38)31-44)35-16-10-18-41(29-35)50-33-42-15-5-9-23-49(42)52-50/h1-33H. The van der Waals surface area contributed by atoms with Crippen molar-refractivity contribution in [3.63, 3.8) is 0 Å². The lowest BCUT2D eigenvalue weighted by Crippen LogP contribution is -2.11. The van der Waals surface area contributed by atoms with Crippen molar-refractivity contribution in [3.8, 4) is 33.6 Å². The van der Waals surface area contributed by atoms with Crippen molar-refractivity contribution >= 4 is 60.3 Å². The minimum atomic E-state index is 0.881. The molecule has 0 aliphatic rings. The minimum absolute atomic E-state index is 0.881. The van der Waals surface area contributed by atoms with Gasteiger partial charge in [0, 0.05) is 27.7 Å². The minimum Gasteiger partial charge on any atom is -0.456 e. The van der Waals surface area contributed by atoms with Crippen molar-refractivity contribution < 1.29 is 4.42 Å². The van der Waals surface area contributed by atoms with Gasteiger partial charge in [-0.05, 0) is 104 Å². The quantitative estimate of drug-likeness (QED) is 0.165. The summed E-state index contributed by atoms with van der Waals surface area (Å²) in [5.74, 6) is 0.881. The van der Waals surface area contributed by atoms with Gasteiger partial charge in [0.15, 0.2) is 0 Å². The van der Waals surface area contributed by atoms with Crippen LogP contribution in [0.5, 0.6) is 0 Å². The van der Waals surface area contributed by atoms with Crippen LogP contribution in [-0.2, 0) is 0 Å². The van der Waals surface area contributed by atoms with Crippen LogP contribution >= 0.6 is 0 Å². The molecule has 2 nitrogen and oxygen atoms in total. The molecule has 10 rings (SSSR count). The number of para-hydroxylation sites is 1. The molecule has 244 valence electrons. The molecule has 0 saturated carbocycles. The van der Waals surface area contributed by atoms with E-state index in [-0.39, 0.29) is 0 Å². The van der Waals surface area contributed by atoms with Crippen molar-refractivity contribution in [3.05, 3.63) is 200 Å². The van der Waals surface area contributed by atoms with E-state index in [1.807, 2.05) is 18.2 Å². The zero-order valence-electron chi connectivity index (χ0n) is 28.4. The number of anilines is 3. The zero-order chi connectivity index (χ0) is 34.4. The molecule has 2 heteroatoms. The van der Waals surface area contributed by atoms with Gasteiger partial charge >= 0.3 is 0 Å². The highest BCUT2D eigenvalue weighted by Crippen LogP contribution is 2.44. The molecule has 0 spiro atoms. The molecule has 1 heterocycles. The van der Waals surface area contributed by atoms with Crippen molar-refractivity contribution in [1.82, 2.24) is 0 Å². The lowest BCUT2D eigenvalue weighted by molar-refractivity contribution is 0.631. The third-order valence-electron chi connectivity index (χ3n) is 10.2. The van der Waals surface area contributed by atoms with E-state index in [2.05, 4.69) is 187 Å². The van der Waals surface area contributed by atoms with Gasteiger partial charge in [-0.1, -0.05) is 146 Å². The normalized spacial score (nSPS) is 11.5. The van der Waals surface area contributed by atoms with Crippen molar-refractivity contribution in [2.45, 2.75) is 0 Å². The number of hydrogen-bond donors (Lipinski definition) is 0. The number of furan rings is 1. The Bertz CT molecular complexity index is 2890. The summed E-state index contributed by atoms with van der Waals surface area (Å²) in [5, 5.41) is 8.43. The molecule has 0 aliphatic carbocycles. The molecule has 1 aromatic heterocycles. The first kappa shape index (κ1) is 30.0. The van der Waals surface area contributed by atoms with Crippen molar-refractivity contribution in [1.29, 1.82) is 0 Å². The fraction of sp³-hybridized carbons (Fsp3) is 0. The van der Waals surface area contributed by atoms with Gasteiger partial charge < -0.3 is 9.32 Å². The molecule has 10 aromatic rings. The number of rotatable bonds is 6. The third kappa shape index (κ3) is 5.30. The highest BCUT2D eigenvalue weighted by atomic mass is 16.3. The third-order valence-corrected chi connectivity index (χ3v) is 10.2. The van der Waals surface area contributed by atoms with Crippen LogP contribution in [0.25, 0.3) is 76.9 Å². The highest BCUT2D eigenvalue weighted by Gasteiger charge is 2.19. The highest BCUT2D eigenvalue weighted by molar-refractivity contribution is 6.14. The summed E-state index contributed by atoms with van der Waals surface area (Å²) in [6.45, 7) is 0. The zero-order valence-corrected chi connectivity index (χ0v) is 28.4. The van der Waals surface area contributed by atoms with Gasteiger partial charge in [-0.2, -0.15) is 0 Å². The lowest BCUT2D eigenvalue weighted by Gasteiger charge is -2.28. The van der Waals surface area contributed by atoms with Crippen molar-refractivity contribution in [2.75, 3.05) is 4.90 Å². The second-order valence-corrected chi connectivity index (χ2v) is 13.4. The molecule has 0 bridgehead atoms. The van der Waals surface area contributed by atoms with E-state index in [0.29, 0.717) is 0 Å². The average molecular weight is 664 g/mol. The number of nitrogens with zero attached hydrogens (tertiary/aromatic N) is 1. The maximum absolute atomic E-state index is 6.20. The Morgan fingerprint density at radius 1 is 0.308 bits per heavy atom.